The van der Waals surface area contributed by atoms with Crippen LogP contribution < -0.4 is 10.5 Å². The van der Waals surface area contributed by atoms with Gasteiger partial charge in [0.05, 0.1) is 19.9 Å². The lowest BCUT2D eigenvalue weighted by atomic mass is 10.2. The Morgan fingerprint density at radius 3 is 2.71 bits per heavy atom. The summed E-state index contributed by atoms with van der Waals surface area (Å²) in [7, 11) is 2.83. The van der Waals surface area contributed by atoms with Gasteiger partial charge in [-0.2, -0.15) is 0 Å². The number of imidazole rings is 1. The number of aryl methyl sites for hydroxylation is 1. The number of anilines is 1. The van der Waals surface area contributed by atoms with Gasteiger partial charge in [-0.15, -0.1) is 0 Å². The number of aromatic nitrogens is 2. The number of benzene rings is 1. The molecule has 0 radical (unpaired) electrons. The van der Waals surface area contributed by atoms with E-state index in [1.54, 1.807) is 29.9 Å². The van der Waals surface area contributed by atoms with Gasteiger partial charge >= 0.3 is 5.97 Å². The lowest BCUT2D eigenvalue weighted by Gasteiger charge is -2.13. The lowest BCUT2D eigenvalue weighted by Crippen LogP contribution is -2.09. The number of carbonyl (C=O) groups excluding carboxylic acids is 1. The molecule has 0 aliphatic heterocycles. The highest BCUT2D eigenvalue weighted by molar-refractivity contribution is 6.30. The van der Waals surface area contributed by atoms with Crippen LogP contribution in [0.3, 0.4) is 0 Å². The first-order valence-electron chi connectivity index (χ1n) is 6.32. The molecule has 0 atom stereocenters. The van der Waals surface area contributed by atoms with Gasteiger partial charge in [-0.05, 0) is 18.2 Å². The maximum Gasteiger partial charge on any atom is 0.360 e. The average molecular weight is 310 g/mol. The highest BCUT2D eigenvalue weighted by atomic mass is 35.5. The predicted molar refractivity (Wildman–Crippen MR) is 80.3 cm³/mol. The summed E-state index contributed by atoms with van der Waals surface area (Å²) >= 11 is 6.05. The Morgan fingerprint density at radius 2 is 2.14 bits per heavy atom. The van der Waals surface area contributed by atoms with Crippen LogP contribution in [-0.2, 0) is 11.2 Å². The number of nitrogen functional groups attached to an aromatic ring is 1. The molecule has 6 nitrogen and oxygen atoms in total. The van der Waals surface area contributed by atoms with E-state index in [1.165, 1.54) is 7.11 Å². The fraction of sp³-hybridized carbons (Fsp3) is 0.286. The number of esters is 1. The molecule has 112 valence electrons. The number of nitrogens with zero attached hydrogens (tertiary/aromatic N) is 2. The molecule has 7 heteroatoms. The number of hydrogen-bond acceptors (Lipinski definition) is 5. The normalized spacial score (nSPS) is 10.5. The number of carbonyl (C=O) groups is 1. The number of nitrogens with two attached hydrogens (primary N) is 1. The second-order valence-corrected chi connectivity index (χ2v) is 4.70. The molecule has 1 aromatic heterocycles. The molecule has 2 N–H and O–H groups in total. The summed E-state index contributed by atoms with van der Waals surface area (Å²) in [5.74, 6) is 0.810. The summed E-state index contributed by atoms with van der Waals surface area (Å²) in [6, 6.07) is 5.15. The molecule has 0 amide bonds. The predicted octanol–water partition coefficient (Wildman–Crippen LogP) is 2.47. The minimum absolute atomic E-state index is 0.0800. The van der Waals surface area contributed by atoms with Gasteiger partial charge in [-0.3, -0.25) is 4.57 Å². The molecule has 1 aromatic carbocycles. The van der Waals surface area contributed by atoms with E-state index in [0.29, 0.717) is 28.7 Å². The summed E-state index contributed by atoms with van der Waals surface area (Å²) in [5, 5.41) is 0.528. The monoisotopic (exact) mass is 309 g/mol. The van der Waals surface area contributed by atoms with Crippen LogP contribution in [0.2, 0.25) is 5.02 Å². The summed E-state index contributed by atoms with van der Waals surface area (Å²) in [6.45, 7) is 1.91. The molecule has 0 saturated heterocycles. The van der Waals surface area contributed by atoms with Crippen LogP contribution in [0.15, 0.2) is 18.2 Å². The van der Waals surface area contributed by atoms with Crippen LogP contribution in [0.5, 0.6) is 5.75 Å². The molecule has 0 bridgehead atoms. The molecule has 0 aliphatic carbocycles. The quantitative estimate of drug-likeness (QED) is 0.878. The van der Waals surface area contributed by atoms with E-state index in [2.05, 4.69) is 4.98 Å². The maximum atomic E-state index is 11.7. The SMILES string of the molecule is CCc1nc(C(=O)OC)c(N)n1-c1cc(Cl)ccc1OC. The summed E-state index contributed by atoms with van der Waals surface area (Å²) in [6.07, 6.45) is 0.580. The van der Waals surface area contributed by atoms with E-state index in [0.717, 1.165) is 0 Å². The summed E-state index contributed by atoms with van der Waals surface area (Å²) in [4.78, 5) is 16.0. The van der Waals surface area contributed by atoms with E-state index < -0.39 is 5.97 Å². The second-order valence-electron chi connectivity index (χ2n) is 4.26. The molecular formula is C14H16ClN3O3. The number of rotatable bonds is 4. The zero-order valence-corrected chi connectivity index (χ0v) is 12.8. The van der Waals surface area contributed by atoms with Crippen LogP contribution in [0.1, 0.15) is 23.2 Å². The third-order valence-corrected chi connectivity index (χ3v) is 3.29. The highest BCUT2D eigenvalue weighted by Crippen LogP contribution is 2.31. The fourth-order valence-electron chi connectivity index (χ4n) is 2.07. The third-order valence-electron chi connectivity index (χ3n) is 3.06. The molecule has 0 fully saturated rings. The van der Waals surface area contributed by atoms with Gasteiger partial charge < -0.3 is 15.2 Å². The van der Waals surface area contributed by atoms with Gasteiger partial charge in [0.2, 0.25) is 0 Å². The molecule has 0 saturated carbocycles. The van der Waals surface area contributed by atoms with Crippen LogP contribution in [0.25, 0.3) is 5.69 Å². The number of halogens is 1. The van der Waals surface area contributed by atoms with Crippen LogP contribution in [-0.4, -0.2) is 29.7 Å². The molecular weight excluding hydrogens is 294 g/mol. The topological polar surface area (TPSA) is 79.4 Å². The molecule has 0 unspecified atom stereocenters. The Hall–Kier alpha value is -2.21. The van der Waals surface area contributed by atoms with Crippen LogP contribution in [0, 0.1) is 0 Å². The highest BCUT2D eigenvalue weighted by Gasteiger charge is 2.23. The molecule has 2 rings (SSSR count). The van der Waals surface area contributed by atoms with E-state index in [1.807, 2.05) is 6.92 Å². The van der Waals surface area contributed by atoms with Crippen molar-refractivity contribution in [3.05, 3.63) is 34.7 Å². The van der Waals surface area contributed by atoms with E-state index in [9.17, 15) is 4.79 Å². The van der Waals surface area contributed by atoms with Gasteiger partial charge in [0, 0.05) is 11.4 Å². The third kappa shape index (κ3) is 2.67. The summed E-state index contributed by atoms with van der Waals surface area (Å²) in [5.41, 5.74) is 6.77. The largest absolute Gasteiger partial charge is 0.495 e. The Morgan fingerprint density at radius 1 is 1.43 bits per heavy atom. The Balaban J connectivity index is 2.71. The Kier molecular flexibility index (Phi) is 4.37. The Bertz CT molecular complexity index is 682. The van der Waals surface area contributed by atoms with E-state index in [4.69, 9.17) is 26.8 Å². The van der Waals surface area contributed by atoms with E-state index in [-0.39, 0.29) is 11.5 Å². The van der Waals surface area contributed by atoms with Gasteiger partial charge in [0.25, 0.3) is 0 Å². The average Bonchev–Trinajstić information content (AvgIpc) is 2.83. The van der Waals surface area contributed by atoms with Gasteiger partial charge in [-0.1, -0.05) is 18.5 Å². The number of hydrogen-bond donors (Lipinski definition) is 1. The van der Waals surface area contributed by atoms with Crippen molar-refractivity contribution in [2.45, 2.75) is 13.3 Å². The maximum absolute atomic E-state index is 11.7. The zero-order valence-electron chi connectivity index (χ0n) is 12.0. The minimum atomic E-state index is -0.582. The van der Waals surface area contributed by atoms with Crippen molar-refractivity contribution < 1.29 is 14.3 Å². The first kappa shape index (κ1) is 15.2. The smallest absolute Gasteiger partial charge is 0.360 e. The molecule has 0 spiro atoms. The lowest BCUT2D eigenvalue weighted by molar-refractivity contribution is 0.0595. The van der Waals surface area contributed by atoms with Crippen LogP contribution in [0.4, 0.5) is 5.82 Å². The van der Waals surface area contributed by atoms with Crippen molar-refractivity contribution in [3.63, 3.8) is 0 Å². The minimum Gasteiger partial charge on any atom is -0.495 e. The standard InChI is InChI=1S/C14H16ClN3O3/c1-4-11-17-12(14(19)21-3)13(16)18(11)9-7-8(15)5-6-10(9)20-2/h5-7H,4,16H2,1-3H3. The zero-order chi connectivity index (χ0) is 15.6. The molecule has 21 heavy (non-hydrogen) atoms. The van der Waals surface area contributed by atoms with Crippen molar-refractivity contribution in [1.82, 2.24) is 9.55 Å². The molecule has 0 aliphatic rings. The first-order valence-corrected chi connectivity index (χ1v) is 6.70. The molecule has 1 heterocycles. The first-order chi connectivity index (χ1) is 10.0. The number of methoxy groups -OCH3 is 2. The van der Waals surface area contributed by atoms with Crippen molar-refractivity contribution in [2.75, 3.05) is 20.0 Å². The second kappa shape index (κ2) is 6.05. The van der Waals surface area contributed by atoms with Gasteiger partial charge in [0.1, 0.15) is 17.4 Å². The molecule has 2 aromatic rings. The van der Waals surface area contributed by atoms with E-state index >= 15 is 0 Å². The van der Waals surface area contributed by atoms with Crippen LogP contribution >= 0.6 is 11.6 Å². The fourth-order valence-corrected chi connectivity index (χ4v) is 2.24. The van der Waals surface area contributed by atoms with Crippen molar-refractivity contribution in [3.8, 4) is 11.4 Å². The van der Waals surface area contributed by atoms with Crippen molar-refractivity contribution >= 4 is 23.4 Å². The summed E-state index contributed by atoms with van der Waals surface area (Å²) < 4.78 is 11.7. The van der Waals surface area contributed by atoms with Gasteiger partial charge in [0.15, 0.2) is 5.69 Å². The Labute approximate surface area is 127 Å². The van der Waals surface area contributed by atoms with Crippen molar-refractivity contribution in [1.29, 1.82) is 0 Å². The number of ether oxygens (including phenoxy) is 2. The van der Waals surface area contributed by atoms with Gasteiger partial charge in [-0.25, -0.2) is 9.78 Å². The van der Waals surface area contributed by atoms with Crippen molar-refractivity contribution in [2.24, 2.45) is 0 Å².